The number of carbonyl (C=O) groups is 1. The van der Waals surface area contributed by atoms with Crippen LogP contribution in [0.25, 0.3) is 5.57 Å². The topological polar surface area (TPSA) is 74.6 Å². The van der Waals surface area contributed by atoms with Crippen LogP contribution in [-0.4, -0.2) is 40.9 Å². The van der Waals surface area contributed by atoms with Gasteiger partial charge in [-0.2, -0.15) is 8.78 Å². The average Bonchev–Trinajstić information content (AvgIpc) is 3.34. The van der Waals surface area contributed by atoms with Crippen LogP contribution in [0.5, 0.6) is 0 Å². The molecule has 4 rings (SSSR count). The van der Waals surface area contributed by atoms with E-state index in [4.69, 9.17) is 0 Å². The lowest BCUT2D eigenvalue weighted by Gasteiger charge is -2.27. The molecule has 5 nitrogen and oxygen atoms in total. The van der Waals surface area contributed by atoms with Crippen LogP contribution in [0.4, 0.5) is 17.6 Å². The first-order chi connectivity index (χ1) is 16.8. The van der Waals surface area contributed by atoms with E-state index in [0.717, 1.165) is 12.1 Å². The van der Waals surface area contributed by atoms with Gasteiger partial charge in [-0.25, -0.2) is 8.78 Å². The Balaban J connectivity index is 1.64. The van der Waals surface area contributed by atoms with Crippen LogP contribution >= 0.6 is 0 Å². The third-order valence-corrected chi connectivity index (χ3v) is 5.63. The lowest BCUT2D eigenvalue weighted by atomic mass is 9.98. The second kappa shape index (κ2) is 10.2. The Hall–Kier alpha value is -3.85. The van der Waals surface area contributed by atoms with E-state index in [1.807, 2.05) is 0 Å². The summed E-state index contributed by atoms with van der Waals surface area (Å²) in [5.41, 5.74) is 0.666. The quantitative estimate of drug-likeness (QED) is 0.463. The van der Waals surface area contributed by atoms with Crippen LogP contribution in [0.1, 0.15) is 33.6 Å². The van der Waals surface area contributed by atoms with Gasteiger partial charge in [-0.3, -0.25) is 14.8 Å². The molecule has 3 aromatic rings. The second-order valence-electron chi connectivity index (χ2n) is 7.92. The fraction of sp³-hybridized carbons (Fsp3) is 0.192. The van der Waals surface area contributed by atoms with Gasteiger partial charge in [0.05, 0.1) is 17.8 Å². The number of aliphatic hydroxyl groups is 1. The zero-order chi connectivity index (χ0) is 25.0. The predicted octanol–water partition coefficient (Wildman–Crippen LogP) is 4.52. The normalized spacial score (nSPS) is 14.3. The molecule has 0 bridgehead atoms. The van der Waals surface area contributed by atoms with Crippen molar-refractivity contribution >= 4 is 17.2 Å². The molecule has 2 N–H and O–H groups in total. The summed E-state index contributed by atoms with van der Waals surface area (Å²) in [6.07, 6.45) is 2.33. The number of alkyl halides is 2. The Labute approximate surface area is 198 Å². The van der Waals surface area contributed by atoms with E-state index in [0.29, 0.717) is 11.1 Å². The number of amides is 1. The van der Waals surface area contributed by atoms with Gasteiger partial charge in [0.2, 0.25) is 0 Å². The van der Waals surface area contributed by atoms with Crippen molar-refractivity contribution in [2.24, 2.45) is 4.99 Å². The van der Waals surface area contributed by atoms with Crippen molar-refractivity contribution in [3.63, 3.8) is 0 Å². The molecule has 0 fully saturated rings. The van der Waals surface area contributed by atoms with E-state index in [2.05, 4.69) is 15.3 Å². The van der Waals surface area contributed by atoms with Crippen LogP contribution in [0.2, 0.25) is 0 Å². The lowest BCUT2D eigenvalue weighted by Crippen LogP contribution is -2.47. The van der Waals surface area contributed by atoms with E-state index < -0.39 is 48.2 Å². The smallest absolute Gasteiger partial charge is 0.309 e. The number of aliphatic hydroxyl groups excluding tert-OH is 1. The number of carbonyl (C=O) groups excluding carboxylic acids is 1. The number of benzene rings is 2. The molecule has 0 spiro atoms. The SMILES string of the molecule is O=C(N[C@@H](CCO)C(F)(F)c1ccccn1)c1cccc(F)c1C1=NCC(c2ccc(F)cc2)=C1. The maximum atomic E-state index is 15.1. The van der Waals surface area contributed by atoms with Crippen molar-refractivity contribution in [2.45, 2.75) is 18.4 Å². The van der Waals surface area contributed by atoms with Crippen molar-refractivity contribution in [2.75, 3.05) is 13.2 Å². The van der Waals surface area contributed by atoms with Gasteiger partial charge in [0, 0.05) is 18.4 Å². The van der Waals surface area contributed by atoms with Crippen LogP contribution in [0.3, 0.4) is 0 Å². The molecule has 1 amide bonds. The maximum Gasteiger partial charge on any atom is 0.309 e. The molecule has 0 unspecified atom stereocenters. The Morgan fingerprint density at radius 2 is 1.83 bits per heavy atom. The second-order valence-corrected chi connectivity index (χ2v) is 7.92. The summed E-state index contributed by atoms with van der Waals surface area (Å²) in [6, 6.07) is 11.7. The van der Waals surface area contributed by atoms with Crippen molar-refractivity contribution in [1.29, 1.82) is 0 Å². The lowest BCUT2D eigenvalue weighted by molar-refractivity contribution is -0.0514. The average molecular weight is 483 g/mol. The van der Waals surface area contributed by atoms with Crippen molar-refractivity contribution in [1.82, 2.24) is 10.3 Å². The molecule has 2 heterocycles. The highest BCUT2D eigenvalue weighted by Crippen LogP contribution is 2.32. The minimum Gasteiger partial charge on any atom is -0.396 e. The van der Waals surface area contributed by atoms with Gasteiger partial charge in [0.15, 0.2) is 0 Å². The number of hydrogen-bond donors (Lipinski definition) is 2. The molecule has 1 aliphatic rings. The van der Waals surface area contributed by atoms with E-state index in [-0.39, 0.29) is 23.4 Å². The van der Waals surface area contributed by atoms with Crippen LogP contribution in [-0.2, 0) is 5.92 Å². The number of rotatable bonds is 8. The fourth-order valence-corrected chi connectivity index (χ4v) is 3.84. The number of pyridine rings is 1. The Morgan fingerprint density at radius 1 is 1.06 bits per heavy atom. The van der Waals surface area contributed by atoms with Gasteiger partial charge in [-0.15, -0.1) is 0 Å². The van der Waals surface area contributed by atoms with Crippen LogP contribution in [0.15, 0.2) is 77.9 Å². The molecule has 1 aliphatic heterocycles. The molecule has 0 radical (unpaired) electrons. The van der Waals surface area contributed by atoms with E-state index in [1.165, 1.54) is 42.6 Å². The number of allylic oxidation sites excluding steroid dienone is 1. The summed E-state index contributed by atoms with van der Waals surface area (Å²) >= 11 is 0. The minimum atomic E-state index is -3.59. The standard InChI is InChI=1S/C26H21F4N3O2/c27-18-9-7-16(8-10-18)17-14-21(32-15-17)24-19(4-3-5-20(24)28)25(35)33-23(11-13-34)26(29,30)22-6-1-2-12-31-22/h1-10,12,14,23,34H,11,13,15H2,(H,33,35)/t23-/m0/s1. The molecule has 0 aliphatic carbocycles. The van der Waals surface area contributed by atoms with Gasteiger partial charge >= 0.3 is 5.92 Å². The monoisotopic (exact) mass is 483 g/mol. The predicted molar refractivity (Wildman–Crippen MR) is 123 cm³/mol. The Kier molecular flexibility index (Phi) is 7.07. The molecule has 180 valence electrons. The largest absolute Gasteiger partial charge is 0.396 e. The molecule has 1 atom stereocenters. The maximum absolute atomic E-state index is 15.1. The van der Waals surface area contributed by atoms with E-state index >= 15 is 8.78 Å². The zero-order valence-electron chi connectivity index (χ0n) is 18.4. The molecular formula is C26H21F4N3O2. The zero-order valence-corrected chi connectivity index (χ0v) is 18.4. The number of nitrogens with one attached hydrogen (secondary N) is 1. The minimum absolute atomic E-state index is 0.133. The first kappa shape index (κ1) is 24.3. The number of halogens is 4. The number of aromatic nitrogens is 1. The number of hydrogen-bond acceptors (Lipinski definition) is 4. The van der Waals surface area contributed by atoms with Crippen molar-refractivity contribution < 1.29 is 27.5 Å². The molecule has 35 heavy (non-hydrogen) atoms. The first-order valence-corrected chi connectivity index (χ1v) is 10.8. The van der Waals surface area contributed by atoms with Crippen LogP contribution < -0.4 is 5.32 Å². The molecular weight excluding hydrogens is 462 g/mol. The van der Waals surface area contributed by atoms with E-state index in [9.17, 15) is 18.7 Å². The summed E-state index contributed by atoms with van der Waals surface area (Å²) in [5, 5.41) is 11.6. The number of nitrogens with zero attached hydrogens (tertiary/aromatic N) is 2. The number of aliphatic imine (C=N–C) groups is 1. The Bertz CT molecular complexity index is 1280. The Morgan fingerprint density at radius 3 is 2.51 bits per heavy atom. The molecule has 0 saturated heterocycles. The summed E-state index contributed by atoms with van der Waals surface area (Å²) in [6.45, 7) is -0.429. The third-order valence-electron chi connectivity index (χ3n) is 5.63. The van der Waals surface area contributed by atoms with Crippen molar-refractivity contribution in [3.05, 3.63) is 107 Å². The van der Waals surface area contributed by atoms with E-state index in [1.54, 1.807) is 18.2 Å². The molecule has 2 aromatic carbocycles. The van der Waals surface area contributed by atoms with Gasteiger partial charge in [0.1, 0.15) is 23.4 Å². The summed E-state index contributed by atoms with van der Waals surface area (Å²) in [7, 11) is 0. The molecule has 0 saturated carbocycles. The summed E-state index contributed by atoms with van der Waals surface area (Å²) < 4.78 is 58.4. The third kappa shape index (κ3) is 5.14. The summed E-state index contributed by atoms with van der Waals surface area (Å²) in [5.74, 6) is -5.68. The first-order valence-electron chi connectivity index (χ1n) is 10.8. The van der Waals surface area contributed by atoms with Gasteiger partial charge < -0.3 is 10.4 Å². The molecule has 1 aromatic heterocycles. The highest BCUT2D eigenvalue weighted by atomic mass is 19.3. The highest BCUT2D eigenvalue weighted by molar-refractivity contribution is 6.19. The van der Waals surface area contributed by atoms with Gasteiger partial charge in [-0.05, 0) is 60.0 Å². The van der Waals surface area contributed by atoms with Crippen LogP contribution in [0, 0.1) is 11.6 Å². The highest BCUT2D eigenvalue weighted by Gasteiger charge is 2.43. The van der Waals surface area contributed by atoms with Crippen molar-refractivity contribution in [3.8, 4) is 0 Å². The summed E-state index contributed by atoms with van der Waals surface area (Å²) in [4.78, 5) is 21.1. The molecule has 9 heteroatoms. The fourth-order valence-electron chi connectivity index (χ4n) is 3.84. The van der Waals surface area contributed by atoms with Gasteiger partial charge in [0.25, 0.3) is 5.91 Å². The van der Waals surface area contributed by atoms with Gasteiger partial charge in [-0.1, -0.05) is 24.3 Å².